The smallest absolute Gasteiger partial charge is 0.390 e. The Balaban J connectivity index is 1.71. The third-order valence-electron chi connectivity index (χ3n) is 7.69. The topological polar surface area (TPSA) is 69.6 Å². The van der Waals surface area contributed by atoms with E-state index < -0.39 is 46.6 Å². The molecule has 0 saturated heterocycles. The molecule has 0 unspecified atom stereocenters. The largest absolute Gasteiger partial charge is 0.416 e. The summed E-state index contributed by atoms with van der Waals surface area (Å²) in [7, 11) is 0. The monoisotopic (exact) mass is 572 g/mol. The predicted octanol–water partition coefficient (Wildman–Crippen LogP) is 6.10. The maximum atomic E-state index is 14.2. The number of nitrogens with zero attached hydrogens (tertiary/aromatic N) is 1. The maximum Gasteiger partial charge on any atom is 0.416 e. The highest BCUT2D eigenvalue weighted by atomic mass is 35.5. The van der Waals surface area contributed by atoms with Crippen LogP contribution in [0.3, 0.4) is 0 Å². The van der Waals surface area contributed by atoms with Gasteiger partial charge in [0.25, 0.3) is 0 Å². The fourth-order valence-corrected chi connectivity index (χ4v) is 5.38. The Hall–Kier alpha value is -3.36. The standard InChI is InChI=1S/C31H32ClF3N2O3/c1-29(2,40)25-17-30(18-25,37(26(38)19-32)20-21-13-15-24(16-14-21)31(33,34)35)28(39)36-27(22-9-5-3-6-10-22)23-11-7-4-8-12-23/h3-16,25,27,40H,17-20H2,1-2H3,(H,36,39). The first-order chi connectivity index (χ1) is 18.8. The summed E-state index contributed by atoms with van der Waals surface area (Å²) in [6.45, 7) is 3.19. The van der Waals surface area contributed by atoms with Gasteiger partial charge in [-0.2, -0.15) is 13.2 Å². The summed E-state index contributed by atoms with van der Waals surface area (Å²) in [5.74, 6) is -1.65. The lowest BCUT2D eigenvalue weighted by molar-refractivity contribution is -0.167. The number of amides is 2. The fraction of sp³-hybridized carbons (Fsp3) is 0.355. The molecule has 0 spiro atoms. The molecule has 3 aromatic carbocycles. The van der Waals surface area contributed by atoms with Crippen LogP contribution in [0.15, 0.2) is 84.9 Å². The van der Waals surface area contributed by atoms with Crippen molar-refractivity contribution in [3.8, 4) is 0 Å². The molecule has 2 N–H and O–H groups in total. The molecule has 0 heterocycles. The van der Waals surface area contributed by atoms with Crippen LogP contribution >= 0.6 is 11.6 Å². The van der Waals surface area contributed by atoms with E-state index >= 15 is 0 Å². The van der Waals surface area contributed by atoms with E-state index in [0.29, 0.717) is 5.56 Å². The van der Waals surface area contributed by atoms with Crippen molar-refractivity contribution in [1.82, 2.24) is 10.2 Å². The number of halogens is 4. The molecular weight excluding hydrogens is 541 g/mol. The number of hydrogen-bond acceptors (Lipinski definition) is 3. The van der Waals surface area contributed by atoms with E-state index in [2.05, 4.69) is 5.32 Å². The minimum absolute atomic E-state index is 0.114. The van der Waals surface area contributed by atoms with Crippen molar-refractivity contribution in [2.24, 2.45) is 5.92 Å². The molecule has 40 heavy (non-hydrogen) atoms. The zero-order valence-corrected chi connectivity index (χ0v) is 23.0. The number of carbonyl (C=O) groups is 2. The molecule has 0 aliphatic heterocycles. The third kappa shape index (κ3) is 6.34. The van der Waals surface area contributed by atoms with E-state index in [4.69, 9.17) is 11.6 Å². The van der Waals surface area contributed by atoms with Crippen LogP contribution < -0.4 is 5.32 Å². The summed E-state index contributed by atoms with van der Waals surface area (Å²) in [5, 5.41) is 13.8. The lowest BCUT2D eigenvalue weighted by atomic mass is 9.60. The van der Waals surface area contributed by atoms with Gasteiger partial charge in [-0.15, -0.1) is 11.6 Å². The first kappa shape index (κ1) is 29.6. The Labute approximate surface area is 237 Å². The predicted molar refractivity (Wildman–Crippen MR) is 147 cm³/mol. The van der Waals surface area contributed by atoms with Crippen LogP contribution in [0.1, 0.15) is 55.0 Å². The highest BCUT2D eigenvalue weighted by molar-refractivity contribution is 6.27. The quantitative estimate of drug-likeness (QED) is 0.305. The number of nitrogens with one attached hydrogen (secondary N) is 1. The second-order valence-electron chi connectivity index (χ2n) is 10.8. The van der Waals surface area contributed by atoms with Crippen LogP contribution in [0.4, 0.5) is 13.2 Å². The van der Waals surface area contributed by atoms with Crippen LogP contribution in [0.5, 0.6) is 0 Å². The number of benzene rings is 3. The van der Waals surface area contributed by atoms with Crippen molar-refractivity contribution in [2.45, 2.75) is 56.6 Å². The second-order valence-corrected chi connectivity index (χ2v) is 11.1. The van der Waals surface area contributed by atoms with E-state index in [9.17, 15) is 27.9 Å². The number of alkyl halides is 4. The Morgan fingerprint density at radius 3 is 1.88 bits per heavy atom. The van der Waals surface area contributed by atoms with Gasteiger partial charge in [-0.3, -0.25) is 9.59 Å². The Bertz CT molecular complexity index is 1260. The molecule has 1 aliphatic rings. The van der Waals surface area contributed by atoms with Gasteiger partial charge >= 0.3 is 6.18 Å². The van der Waals surface area contributed by atoms with E-state index in [-0.39, 0.29) is 25.3 Å². The SMILES string of the molecule is CC(C)(O)C1CC(C(=O)NC(c2ccccc2)c2ccccc2)(N(Cc2ccc(C(F)(F)F)cc2)C(=O)CCl)C1. The van der Waals surface area contributed by atoms with Crippen molar-refractivity contribution in [2.75, 3.05) is 5.88 Å². The van der Waals surface area contributed by atoms with E-state index in [0.717, 1.165) is 23.3 Å². The summed E-state index contributed by atoms with van der Waals surface area (Å²) in [6, 6.07) is 22.8. The maximum absolute atomic E-state index is 14.2. The summed E-state index contributed by atoms with van der Waals surface area (Å²) >= 11 is 5.99. The Morgan fingerprint density at radius 1 is 0.950 bits per heavy atom. The summed E-state index contributed by atoms with van der Waals surface area (Å²) in [4.78, 5) is 28.8. The molecule has 1 saturated carbocycles. The molecule has 0 radical (unpaired) electrons. The molecule has 0 atom stereocenters. The van der Waals surface area contributed by atoms with Gasteiger partial charge in [-0.25, -0.2) is 0 Å². The van der Waals surface area contributed by atoms with Gasteiger partial charge in [0.05, 0.1) is 17.2 Å². The first-order valence-electron chi connectivity index (χ1n) is 13.0. The van der Waals surface area contributed by atoms with E-state index in [1.807, 2.05) is 60.7 Å². The van der Waals surface area contributed by atoms with Gasteiger partial charge in [0.1, 0.15) is 11.4 Å². The van der Waals surface area contributed by atoms with Crippen molar-refractivity contribution < 1.29 is 27.9 Å². The van der Waals surface area contributed by atoms with Crippen LogP contribution in [0, 0.1) is 5.92 Å². The Morgan fingerprint density at radius 2 is 1.45 bits per heavy atom. The number of carbonyl (C=O) groups excluding carboxylic acids is 2. The molecular formula is C31H32ClF3N2O3. The Kier molecular flexibility index (Phi) is 8.61. The molecule has 1 fully saturated rings. The molecule has 212 valence electrons. The zero-order chi connectivity index (χ0) is 29.1. The van der Waals surface area contributed by atoms with Gasteiger partial charge in [0, 0.05) is 6.54 Å². The van der Waals surface area contributed by atoms with E-state index in [1.54, 1.807) is 13.8 Å². The fourth-order valence-electron chi connectivity index (χ4n) is 5.23. The highest BCUT2D eigenvalue weighted by Gasteiger charge is 2.59. The molecule has 4 rings (SSSR count). The first-order valence-corrected chi connectivity index (χ1v) is 13.5. The molecule has 3 aromatic rings. The van der Waals surface area contributed by atoms with Crippen LogP contribution in [-0.4, -0.2) is 38.8 Å². The molecule has 0 aromatic heterocycles. The van der Waals surface area contributed by atoms with E-state index in [1.165, 1.54) is 17.0 Å². The molecule has 1 aliphatic carbocycles. The molecule has 2 amide bonds. The normalized spacial score (nSPS) is 19.1. The van der Waals surface area contributed by atoms with Crippen molar-refractivity contribution in [1.29, 1.82) is 0 Å². The van der Waals surface area contributed by atoms with Gasteiger partial charge in [-0.1, -0.05) is 72.8 Å². The van der Waals surface area contributed by atoms with Crippen molar-refractivity contribution >= 4 is 23.4 Å². The highest BCUT2D eigenvalue weighted by Crippen LogP contribution is 2.49. The van der Waals surface area contributed by atoms with Gasteiger partial charge in [0.15, 0.2) is 0 Å². The summed E-state index contributed by atoms with van der Waals surface area (Å²) in [5.41, 5.74) is -1.17. The average Bonchev–Trinajstić information content (AvgIpc) is 2.90. The summed E-state index contributed by atoms with van der Waals surface area (Å²) in [6.07, 6.45) is -4.16. The number of hydrogen-bond donors (Lipinski definition) is 2. The second kappa shape index (κ2) is 11.6. The van der Waals surface area contributed by atoms with Crippen molar-refractivity contribution in [3.05, 3.63) is 107 Å². The number of rotatable bonds is 9. The van der Waals surface area contributed by atoms with Crippen LogP contribution in [-0.2, 0) is 22.3 Å². The van der Waals surface area contributed by atoms with Crippen molar-refractivity contribution in [3.63, 3.8) is 0 Å². The molecule has 5 nitrogen and oxygen atoms in total. The van der Waals surface area contributed by atoms with Gasteiger partial charge in [0.2, 0.25) is 11.8 Å². The summed E-state index contributed by atoms with van der Waals surface area (Å²) < 4.78 is 39.4. The lowest BCUT2D eigenvalue weighted by Crippen LogP contribution is -2.69. The number of aliphatic hydroxyl groups is 1. The van der Waals surface area contributed by atoms with Crippen LogP contribution in [0.25, 0.3) is 0 Å². The minimum Gasteiger partial charge on any atom is -0.390 e. The van der Waals surface area contributed by atoms with Crippen LogP contribution in [0.2, 0.25) is 0 Å². The average molecular weight is 573 g/mol. The van der Waals surface area contributed by atoms with Gasteiger partial charge in [-0.05, 0) is 61.4 Å². The molecule has 9 heteroatoms. The lowest BCUT2D eigenvalue weighted by Gasteiger charge is -2.56. The minimum atomic E-state index is -4.50. The molecule has 0 bridgehead atoms. The third-order valence-corrected chi connectivity index (χ3v) is 7.91. The zero-order valence-electron chi connectivity index (χ0n) is 22.3. The van der Waals surface area contributed by atoms with Gasteiger partial charge < -0.3 is 15.3 Å².